The summed E-state index contributed by atoms with van der Waals surface area (Å²) in [5.74, 6) is 0.0643. The van der Waals surface area contributed by atoms with Gasteiger partial charge in [-0.1, -0.05) is 25.1 Å². The van der Waals surface area contributed by atoms with E-state index in [0.29, 0.717) is 12.2 Å². The number of carbonyl (C=O) groups is 1. The van der Waals surface area contributed by atoms with E-state index in [1.807, 2.05) is 37.3 Å². The molecular formula is C13H15N3O2. The highest BCUT2D eigenvalue weighted by Crippen LogP contribution is 2.15. The molecule has 0 spiro atoms. The van der Waals surface area contributed by atoms with Gasteiger partial charge in [-0.25, -0.2) is 4.68 Å². The van der Waals surface area contributed by atoms with E-state index in [1.165, 1.54) is 0 Å². The van der Waals surface area contributed by atoms with Gasteiger partial charge in [0.1, 0.15) is 0 Å². The van der Waals surface area contributed by atoms with Gasteiger partial charge in [-0.15, -0.1) is 0 Å². The maximum Gasteiger partial charge on any atom is 0.258 e. The molecule has 1 unspecified atom stereocenters. The van der Waals surface area contributed by atoms with Crippen molar-refractivity contribution in [1.29, 1.82) is 0 Å². The van der Waals surface area contributed by atoms with Crippen LogP contribution in [0.3, 0.4) is 0 Å². The summed E-state index contributed by atoms with van der Waals surface area (Å²) in [6.45, 7) is 1.84. The molecule has 0 saturated heterocycles. The molecular weight excluding hydrogens is 230 g/mol. The minimum atomic E-state index is -0.613. The number of nitrogens with two attached hydrogens (primary N) is 1. The highest BCUT2D eigenvalue weighted by atomic mass is 16.5. The molecule has 0 fully saturated rings. The molecule has 2 aromatic rings. The summed E-state index contributed by atoms with van der Waals surface area (Å²) in [6, 6.07) is 9.65. The van der Waals surface area contributed by atoms with E-state index in [2.05, 4.69) is 5.10 Å². The summed E-state index contributed by atoms with van der Waals surface area (Å²) in [5.41, 5.74) is 6.15. The summed E-state index contributed by atoms with van der Waals surface area (Å²) in [5, 5.41) is 4.17. The van der Waals surface area contributed by atoms with Gasteiger partial charge in [0.2, 0.25) is 0 Å². The first-order valence-electron chi connectivity index (χ1n) is 5.76. The Kier molecular flexibility index (Phi) is 3.62. The van der Waals surface area contributed by atoms with Crippen LogP contribution in [0.15, 0.2) is 42.7 Å². The van der Waals surface area contributed by atoms with Crippen LogP contribution in [0, 0.1) is 0 Å². The zero-order valence-electron chi connectivity index (χ0n) is 10.1. The third-order valence-corrected chi connectivity index (χ3v) is 2.55. The molecule has 0 aliphatic carbocycles. The van der Waals surface area contributed by atoms with Crippen LogP contribution in [-0.4, -0.2) is 21.8 Å². The minimum absolute atomic E-state index is 0.468. The van der Waals surface area contributed by atoms with Gasteiger partial charge in [0.15, 0.2) is 11.9 Å². The van der Waals surface area contributed by atoms with E-state index in [9.17, 15) is 4.79 Å². The SMILES string of the molecule is CCC(Oc1cnn(-c2ccccc2)c1)C(N)=O. The number of primary amides is 1. The number of aromatic nitrogens is 2. The number of hydrogen-bond acceptors (Lipinski definition) is 3. The van der Waals surface area contributed by atoms with Crippen molar-refractivity contribution in [3.05, 3.63) is 42.7 Å². The largest absolute Gasteiger partial charge is 0.477 e. The van der Waals surface area contributed by atoms with E-state index in [4.69, 9.17) is 10.5 Å². The van der Waals surface area contributed by atoms with Crippen molar-refractivity contribution >= 4 is 5.91 Å². The zero-order valence-corrected chi connectivity index (χ0v) is 10.1. The molecule has 2 N–H and O–H groups in total. The normalized spacial score (nSPS) is 12.1. The van der Waals surface area contributed by atoms with Gasteiger partial charge < -0.3 is 10.5 Å². The van der Waals surface area contributed by atoms with E-state index < -0.39 is 12.0 Å². The Hall–Kier alpha value is -2.30. The van der Waals surface area contributed by atoms with E-state index >= 15 is 0 Å². The number of ether oxygens (including phenoxy) is 1. The lowest BCUT2D eigenvalue weighted by Crippen LogP contribution is -2.32. The summed E-state index contributed by atoms with van der Waals surface area (Å²) < 4.78 is 7.15. The predicted octanol–water partition coefficient (Wildman–Crippen LogP) is 1.51. The van der Waals surface area contributed by atoms with Crippen LogP contribution >= 0.6 is 0 Å². The Morgan fingerprint density at radius 1 is 1.44 bits per heavy atom. The second kappa shape index (κ2) is 5.35. The van der Waals surface area contributed by atoms with E-state index in [-0.39, 0.29) is 0 Å². The van der Waals surface area contributed by atoms with Crippen molar-refractivity contribution in [1.82, 2.24) is 9.78 Å². The number of carbonyl (C=O) groups excluding carboxylic acids is 1. The Balaban J connectivity index is 2.14. The fraction of sp³-hybridized carbons (Fsp3) is 0.231. The minimum Gasteiger partial charge on any atom is -0.477 e. The molecule has 1 atom stereocenters. The van der Waals surface area contributed by atoms with Gasteiger partial charge in [0.25, 0.3) is 5.91 Å². The molecule has 18 heavy (non-hydrogen) atoms. The predicted molar refractivity (Wildman–Crippen MR) is 67.5 cm³/mol. The molecule has 1 aromatic carbocycles. The van der Waals surface area contributed by atoms with Gasteiger partial charge in [0, 0.05) is 0 Å². The lowest BCUT2D eigenvalue weighted by Gasteiger charge is -2.11. The van der Waals surface area contributed by atoms with Crippen LogP contribution < -0.4 is 10.5 Å². The molecule has 1 heterocycles. The third kappa shape index (κ3) is 2.68. The number of hydrogen-bond donors (Lipinski definition) is 1. The van der Waals surface area contributed by atoms with E-state index in [1.54, 1.807) is 17.1 Å². The number of benzene rings is 1. The molecule has 5 heteroatoms. The van der Waals surface area contributed by atoms with Crippen molar-refractivity contribution in [2.75, 3.05) is 0 Å². The van der Waals surface area contributed by atoms with Crippen LogP contribution in [0.5, 0.6) is 5.75 Å². The zero-order chi connectivity index (χ0) is 13.0. The average molecular weight is 245 g/mol. The van der Waals surface area contributed by atoms with Gasteiger partial charge in [-0.3, -0.25) is 4.79 Å². The number of rotatable bonds is 5. The Bertz CT molecular complexity index is 522. The Morgan fingerprint density at radius 2 is 2.17 bits per heavy atom. The van der Waals surface area contributed by atoms with Crippen LogP contribution in [0.25, 0.3) is 5.69 Å². The second-order valence-electron chi connectivity index (χ2n) is 3.87. The summed E-state index contributed by atoms with van der Waals surface area (Å²) in [4.78, 5) is 11.1. The van der Waals surface area contributed by atoms with Crippen molar-refractivity contribution in [3.8, 4) is 11.4 Å². The van der Waals surface area contributed by atoms with Crippen LogP contribution in [0.2, 0.25) is 0 Å². The molecule has 0 aliphatic rings. The van der Waals surface area contributed by atoms with Gasteiger partial charge in [-0.2, -0.15) is 5.10 Å². The van der Waals surface area contributed by atoms with Crippen LogP contribution in [0.4, 0.5) is 0 Å². The maximum atomic E-state index is 11.1. The van der Waals surface area contributed by atoms with Crippen LogP contribution in [0.1, 0.15) is 13.3 Å². The van der Waals surface area contributed by atoms with Crippen molar-refractivity contribution < 1.29 is 9.53 Å². The quantitative estimate of drug-likeness (QED) is 0.868. The molecule has 1 amide bonds. The maximum absolute atomic E-state index is 11.1. The van der Waals surface area contributed by atoms with E-state index in [0.717, 1.165) is 5.69 Å². The Morgan fingerprint density at radius 3 is 2.78 bits per heavy atom. The highest BCUT2D eigenvalue weighted by Gasteiger charge is 2.15. The molecule has 2 rings (SSSR count). The molecule has 0 bridgehead atoms. The summed E-state index contributed by atoms with van der Waals surface area (Å²) in [7, 11) is 0. The Labute approximate surface area is 105 Å². The van der Waals surface area contributed by atoms with Gasteiger partial charge in [0.05, 0.1) is 18.1 Å². The number of nitrogens with zero attached hydrogens (tertiary/aromatic N) is 2. The molecule has 94 valence electrons. The molecule has 1 aromatic heterocycles. The van der Waals surface area contributed by atoms with Crippen molar-refractivity contribution in [2.24, 2.45) is 5.73 Å². The van der Waals surface area contributed by atoms with Crippen molar-refractivity contribution in [3.63, 3.8) is 0 Å². The number of amides is 1. The first-order valence-corrected chi connectivity index (χ1v) is 5.76. The number of para-hydroxylation sites is 1. The molecule has 0 radical (unpaired) electrons. The summed E-state index contributed by atoms with van der Waals surface area (Å²) in [6.07, 6.45) is 3.21. The van der Waals surface area contributed by atoms with Crippen molar-refractivity contribution in [2.45, 2.75) is 19.4 Å². The topological polar surface area (TPSA) is 70.1 Å². The fourth-order valence-corrected chi connectivity index (χ4v) is 1.60. The highest BCUT2D eigenvalue weighted by molar-refractivity contribution is 5.79. The lowest BCUT2D eigenvalue weighted by atomic mass is 10.2. The first kappa shape index (κ1) is 12.2. The molecule has 0 aliphatic heterocycles. The monoisotopic (exact) mass is 245 g/mol. The standard InChI is InChI=1S/C13H15N3O2/c1-2-12(13(14)17)18-11-8-15-16(9-11)10-6-4-3-5-7-10/h3-9,12H,2H2,1H3,(H2,14,17). The van der Waals surface area contributed by atoms with Crippen LogP contribution in [-0.2, 0) is 4.79 Å². The van der Waals surface area contributed by atoms with Gasteiger partial charge in [-0.05, 0) is 18.6 Å². The smallest absolute Gasteiger partial charge is 0.258 e. The molecule has 5 nitrogen and oxygen atoms in total. The third-order valence-electron chi connectivity index (χ3n) is 2.55. The fourth-order valence-electron chi connectivity index (χ4n) is 1.60. The lowest BCUT2D eigenvalue weighted by molar-refractivity contribution is -0.124. The first-order chi connectivity index (χ1) is 8.70. The average Bonchev–Trinajstić information content (AvgIpc) is 2.85. The second-order valence-corrected chi connectivity index (χ2v) is 3.87. The van der Waals surface area contributed by atoms with Gasteiger partial charge >= 0.3 is 0 Å². The summed E-state index contributed by atoms with van der Waals surface area (Å²) >= 11 is 0. The molecule has 0 saturated carbocycles.